The minimum atomic E-state index is 0.721. The summed E-state index contributed by atoms with van der Waals surface area (Å²) in [4.78, 5) is 6.67. The van der Waals surface area contributed by atoms with E-state index in [4.69, 9.17) is 11.6 Å². The van der Waals surface area contributed by atoms with Crippen LogP contribution in [0.5, 0.6) is 0 Å². The first kappa shape index (κ1) is 18.0. The van der Waals surface area contributed by atoms with E-state index in [9.17, 15) is 0 Å². The van der Waals surface area contributed by atoms with Gasteiger partial charge in [-0.15, -0.1) is 23.1 Å². The fraction of sp³-hybridized carbons (Fsp3) is 0.158. The second-order valence-electron chi connectivity index (χ2n) is 5.21. The zero-order chi connectivity index (χ0) is 17.6. The molecule has 0 fully saturated rings. The van der Waals surface area contributed by atoms with E-state index in [-0.39, 0.29) is 0 Å². The van der Waals surface area contributed by atoms with Crippen LogP contribution in [0.15, 0.2) is 68.9 Å². The maximum Gasteiger partial charge on any atom is 0.206 e. The van der Waals surface area contributed by atoms with Gasteiger partial charge >= 0.3 is 0 Å². The molecule has 0 aliphatic carbocycles. The predicted molar refractivity (Wildman–Crippen MR) is 110 cm³/mol. The van der Waals surface area contributed by atoms with Gasteiger partial charge in [-0.1, -0.05) is 35.9 Å². The van der Waals surface area contributed by atoms with Gasteiger partial charge in [0.25, 0.3) is 0 Å². The van der Waals surface area contributed by atoms with E-state index in [1.54, 1.807) is 23.1 Å². The molecule has 0 saturated heterocycles. The van der Waals surface area contributed by atoms with Crippen molar-refractivity contribution in [3.8, 4) is 11.3 Å². The topological polar surface area (TPSA) is 29.6 Å². The number of thioether (sulfide) groups is 1. The van der Waals surface area contributed by atoms with Crippen LogP contribution in [0.1, 0.15) is 12.5 Å². The third-order valence-corrected chi connectivity index (χ3v) is 5.41. The molecule has 0 amide bonds. The van der Waals surface area contributed by atoms with Crippen LogP contribution in [0.3, 0.4) is 0 Å². The summed E-state index contributed by atoms with van der Waals surface area (Å²) < 4.78 is 1.89. The Morgan fingerprint density at radius 1 is 1.12 bits per heavy atom. The number of rotatable bonds is 5. The van der Waals surface area contributed by atoms with Gasteiger partial charge in [-0.25, -0.2) is 4.68 Å². The lowest BCUT2D eigenvalue weighted by molar-refractivity contribution is 0.833. The summed E-state index contributed by atoms with van der Waals surface area (Å²) in [6, 6.07) is 16.1. The van der Waals surface area contributed by atoms with Crippen LogP contribution in [0.25, 0.3) is 11.3 Å². The molecule has 0 bridgehead atoms. The predicted octanol–water partition coefficient (Wildman–Crippen LogP) is 5.39. The van der Waals surface area contributed by atoms with Crippen molar-refractivity contribution in [1.29, 1.82) is 0 Å². The molecule has 1 aromatic heterocycles. The second-order valence-corrected chi connectivity index (χ2v) is 7.37. The number of thiazole rings is 1. The van der Waals surface area contributed by atoms with Crippen molar-refractivity contribution in [1.82, 2.24) is 4.68 Å². The zero-order valence-electron chi connectivity index (χ0n) is 14.0. The van der Waals surface area contributed by atoms with Gasteiger partial charge in [0.15, 0.2) is 0 Å². The van der Waals surface area contributed by atoms with Crippen LogP contribution in [0, 0.1) is 0 Å². The van der Waals surface area contributed by atoms with Crippen LogP contribution in [0.2, 0.25) is 5.02 Å². The molecule has 0 aliphatic heterocycles. The third-order valence-electron chi connectivity index (χ3n) is 3.56. The first-order valence-electron chi connectivity index (χ1n) is 7.86. The van der Waals surface area contributed by atoms with Crippen molar-refractivity contribution in [2.45, 2.75) is 11.8 Å². The van der Waals surface area contributed by atoms with Gasteiger partial charge < -0.3 is 0 Å². The molecule has 0 radical (unpaired) electrons. The van der Waals surface area contributed by atoms with E-state index in [0.717, 1.165) is 33.2 Å². The standard InChI is InChI=1S/C19H18ClN3S2/c1-3-21-19-23(22-12-14-4-10-17(24-2)11-5-14)18(13-25-19)15-6-8-16(20)9-7-15/h4-13H,3H2,1-2H3. The largest absolute Gasteiger partial charge is 0.258 e. The highest BCUT2D eigenvalue weighted by molar-refractivity contribution is 7.98. The highest BCUT2D eigenvalue weighted by Gasteiger charge is 2.07. The number of benzene rings is 2. The van der Waals surface area contributed by atoms with Gasteiger partial charge in [-0.05, 0) is 43.0 Å². The van der Waals surface area contributed by atoms with Crippen LogP contribution in [-0.2, 0) is 0 Å². The van der Waals surface area contributed by atoms with E-state index in [1.165, 1.54) is 4.90 Å². The Labute approximate surface area is 160 Å². The lowest BCUT2D eigenvalue weighted by Crippen LogP contribution is -2.12. The summed E-state index contributed by atoms with van der Waals surface area (Å²) >= 11 is 9.32. The van der Waals surface area contributed by atoms with Crippen molar-refractivity contribution in [2.24, 2.45) is 10.1 Å². The monoisotopic (exact) mass is 387 g/mol. The molecule has 0 aliphatic rings. The number of aromatic nitrogens is 1. The van der Waals surface area contributed by atoms with Crippen LogP contribution < -0.4 is 4.80 Å². The first-order valence-corrected chi connectivity index (χ1v) is 10.3. The summed E-state index contributed by atoms with van der Waals surface area (Å²) in [6.45, 7) is 2.75. The molecule has 128 valence electrons. The maximum atomic E-state index is 6.01. The lowest BCUT2D eigenvalue weighted by Gasteiger charge is -2.04. The molecular weight excluding hydrogens is 370 g/mol. The van der Waals surface area contributed by atoms with E-state index in [0.29, 0.717) is 0 Å². The van der Waals surface area contributed by atoms with Gasteiger partial charge in [-0.3, -0.25) is 4.99 Å². The molecule has 6 heteroatoms. The molecule has 3 rings (SSSR count). The summed E-state index contributed by atoms with van der Waals surface area (Å²) in [6.07, 6.45) is 3.94. The van der Waals surface area contributed by atoms with Gasteiger partial charge in [0.05, 0.1) is 11.9 Å². The van der Waals surface area contributed by atoms with Crippen molar-refractivity contribution in [3.05, 3.63) is 69.3 Å². The Morgan fingerprint density at radius 3 is 2.48 bits per heavy atom. The molecule has 0 N–H and O–H groups in total. The second kappa shape index (κ2) is 8.52. The summed E-state index contributed by atoms with van der Waals surface area (Å²) in [7, 11) is 0. The Morgan fingerprint density at radius 2 is 1.84 bits per heavy atom. The highest BCUT2D eigenvalue weighted by Crippen LogP contribution is 2.22. The van der Waals surface area contributed by atoms with Gasteiger partial charge in [0.1, 0.15) is 0 Å². The molecule has 1 heterocycles. The molecule has 0 atom stereocenters. The number of hydrogen-bond acceptors (Lipinski definition) is 4. The van der Waals surface area contributed by atoms with Crippen molar-refractivity contribution in [3.63, 3.8) is 0 Å². The average molecular weight is 388 g/mol. The maximum absolute atomic E-state index is 6.01. The average Bonchev–Trinajstić information content (AvgIpc) is 3.04. The molecule has 3 nitrogen and oxygen atoms in total. The quantitative estimate of drug-likeness (QED) is 0.426. The SMILES string of the molecule is CCN=c1scc(-c2ccc(Cl)cc2)n1N=Cc1ccc(SC)cc1. The van der Waals surface area contributed by atoms with Gasteiger partial charge in [0.2, 0.25) is 4.80 Å². The number of halogens is 1. The van der Waals surface area contributed by atoms with Gasteiger partial charge in [-0.2, -0.15) is 5.10 Å². The van der Waals surface area contributed by atoms with Gasteiger partial charge in [0, 0.05) is 27.4 Å². The summed E-state index contributed by atoms with van der Waals surface area (Å²) in [5, 5.41) is 7.48. The molecule has 25 heavy (non-hydrogen) atoms. The third kappa shape index (κ3) is 4.42. The Bertz CT molecular complexity index is 923. The van der Waals surface area contributed by atoms with Crippen LogP contribution in [0.4, 0.5) is 0 Å². The first-order chi connectivity index (χ1) is 12.2. The van der Waals surface area contributed by atoms with Crippen LogP contribution in [-0.4, -0.2) is 23.7 Å². The molecular formula is C19H18ClN3S2. The van der Waals surface area contributed by atoms with Crippen molar-refractivity contribution < 1.29 is 0 Å². The number of hydrogen-bond donors (Lipinski definition) is 0. The van der Waals surface area contributed by atoms with Crippen molar-refractivity contribution >= 4 is 40.9 Å². The lowest BCUT2D eigenvalue weighted by atomic mass is 10.2. The smallest absolute Gasteiger partial charge is 0.206 e. The van der Waals surface area contributed by atoms with E-state index >= 15 is 0 Å². The van der Waals surface area contributed by atoms with E-state index in [2.05, 4.69) is 46.0 Å². The summed E-state index contributed by atoms with van der Waals surface area (Å²) in [5.41, 5.74) is 3.12. The van der Waals surface area contributed by atoms with Crippen molar-refractivity contribution in [2.75, 3.05) is 12.8 Å². The normalized spacial score (nSPS) is 12.2. The number of nitrogens with zero attached hydrogens (tertiary/aromatic N) is 3. The Balaban J connectivity index is 2.00. The molecule has 2 aromatic carbocycles. The van der Waals surface area contributed by atoms with Crippen LogP contribution >= 0.6 is 34.7 Å². The zero-order valence-corrected chi connectivity index (χ0v) is 16.4. The Kier molecular flexibility index (Phi) is 6.13. The fourth-order valence-electron chi connectivity index (χ4n) is 2.29. The highest BCUT2D eigenvalue weighted by atomic mass is 35.5. The molecule has 0 spiro atoms. The van der Waals surface area contributed by atoms with E-state index < -0.39 is 0 Å². The molecule has 0 unspecified atom stereocenters. The Hall–Kier alpha value is -1.82. The fourth-order valence-corrected chi connectivity index (χ4v) is 3.72. The molecule has 0 saturated carbocycles. The minimum absolute atomic E-state index is 0.721. The van der Waals surface area contributed by atoms with E-state index in [1.807, 2.05) is 42.1 Å². The summed E-state index contributed by atoms with van der Waals surface area (Å²) in [5.74, 6) is 0. The molecule has 3 aromatic rings. The minimum Gasteiger partial charge on any atom is -0.258 e.